The first-order valence-electron chi connectivity index (χ1n) is 8.82. The molecule has 1 fully saturated rings. The van der Waals surface area contributed by atoms with Crippen LogP contribution in [0.5, 0.6) is 5.06 Å². The topological polar surface area (TPSA) is 9.23 Å². The van der Waals surface area contributed by atoms with Gasteiger partial charge in [0.15, 0.2) is 5.06 Å². The normalized spacial score (nSPS) is 14.8. The maximum Gasteiger partial charge on any atom is 0.174 e. The summed E-state index contributed by atoms with van der Waals surface area (Å²) in [4.78, 5) is 0.918. The Kier molecular flexibility index (Phi) is 4.58. The molecule has 1 aromatic heterocycles. The number of halogens is 1. The highest BCUT2D eigenvalue weighted by Crippen LogP contribution is 2.37. The largest absolute Gasteiger partial charge is 0.481 e. The lowest BCUT2D eigenvalue weighted by Crippen LogP contribution is -2.09. The molecular weight excluding hydrogens is 331 g/mol. The lowest BCUT2D eigenvalue weighted by atomic mass is 10.0. The Balaban J connectivity index is 1.56. The highest BCUT2D eigenvalue weighted by Gasteiger charge is 2.18. The summed E-state index contributed by atoms with van der Waals surface area (Å²) in [6.45, 7) is 2.05. The minimum Gasteiger partial charge on any atom is -0.481 e. The average molecular weight is 352 g/mol. The molecule has 3 aromatic rings. The van der Waals surface area contributed by atoms with Crippen molar-refractivity contribution in [1.29, 1.82) is 0 Å². The maximum atomic E-state index is 14.7. The van der Waals surface area contributed by atoms with Crippen LogP contribution >= 0.6 is 11.3 Å². The summed E-state index contributed by atoms with van der Waals surface area (Å²) in [6.07, 6.45) is 5.09. The highest BCUT2D eigenvalue weighted by atomic mass is 32.1. The van der Waals surface area contributed by atoms with Crippen LogP contribution < -0.4 is 4.74 Å². The SMILES string of the molecule is Cc1ccc(-c2ccc(-c3ccc(OC4CCCC4)s3)c(F)c2)cc1. The molecule has 0 unspecified atom stereocenters. The molecule has 0 atom stereocenters. The third kappa shape index (κ3) is 3.62. The van der Waals surface area contributed by atoms with Crippen LogP contribution in [0.4, 0.5) is 4.39 Å². The molecule has 1 nitrogen and oxygen atoms in total. The summed E-state index contributed by atoms with van der Waals surface area (Å²) in [6, 6.07) is 17.6. The zero-order valence-electron chi connectivity index (χ0n) is 14.3. The van der Waals surface area contributed by atoms with E-state index in [0.717, 1.165) is 33.9 Å². The molecule has 0 spiro atoms. The Morgan fingerprint density at radius 3 is 2.36 bits per heavy atom. The van der Waals surface area contributed by atoms with Gasteiger partial charge in [-0.05, 0) is 68.0 Å². The molecule has 0 bridgehead atoms. The van der Waals surface area contributed by atoms with Crippen LogP contribution in [0.25, 0.3) is 21.6 Å². The molecular formula is C22H21FOS. The standard InChI is InChI=1S/C22H21FOS/c1-15-6-8-16(9-7-15)17-10-11-19(20(23)14-17)21-12-13-22(25-21)24-18-4-2-3-5-18/h6-14,18H,2-5H2,1H3. The number of aryl methyl sites for hydroxylation is 1. The molecule has 4 rings (SSSR count). The lowest BCUT2D eigenvalue weighted by molar-refractivity contribution is 0.217. The van der Waals surface area contributed by atoms with Crippen molar-refractivity contribution in [3.8, 4) is 26.6 Å². The van der Waals surface area contributed by atoms with Crippen LogP contribution in [-0.2, 0) is 0 Å². The van der Waals surface area contributed by atoms with Crippen molar-refractivity contribution >= 4 is 11.3 Å². The summed E-state index contributed by atoms with van der Waals surface area (Å²) >= 11 is 1.53. The molecule has 2 aromatic carbocycles. The number of rotatable bonds is 4. The lowest BCUT2D eigenvalue weighted by Gasteiger charge is -2.10. The second kappa shape index (κ2) is 7.01. The molecule has 0 N–H and O–H groups in total. The number of thiophene rings is 1. The molecule has 1 heterocycles. The van der Waals surface area contributed by atoms with Crippen LogP contribution in [0, 0.1) is 12.7 Å². The van der Waals surface area contributed by atoms with Gasteiger partial charge in [-0.1, -0.05) is 47.2 Å². The second-order valence-electron chi connectivity index (χ2n) is 6.70. The van der Waals surface area contributed by atoms with E-state index in [1.165, 1.54) is 29.7 Å². The van der Waals surface area contributed by atoms with Gasteiger partial charge in [-0.3, -0.25) is 0 Å². The van der Waals surface area contributed by atoms with Gasteiger partial charge in [0.05, 0.1) is 6.10 Å². The van der Waals surface area contributed by atoms with E-state index in [2.05, 4.69) is 6.92 Å². The molecule has 1 saturated carbocycles. The van der Waals surface area contributed by atoms with Gasteiger partial charge < -0.3 is 4.74 Å². The van der Waals surface area contributed by atoms with Crippen molar-refractivity contribution in [2.45, 2.75) is 38.7 Å². The van der Waals surface area contributed by atoms with E-state index >= 15 is 0 Å². The number of hydrogen-bond acceptors (Lipinski definition) is 2. The molecule has 3 heteroatoms. The Hall–Kier alpha value is -2.13. The first-order valence-corrected chi connectivity index (χ1v) is 9.64. The summed E-state index contributed by atoms with van der Waals surface area (Å²) in [5.41, 5.74) is 3.78. The van der Waals surface area contributed by atoms with Crippen LogP contribution in [0.2, 0.25) is 0 Å². The van der Waals surface area contributed by atoms with Gasteiger partial charge in [0.25, 0.3) is 0 Å². The van der Waals surface area contributed by atoms with Crippen molar-refractivity contribution in [1.82, 2.24) is 0 Å². The Bertz CT molecular complexity index is 860. The zero-order chi connectivity index (χ0) is 17.2. The smallest absolute Gasteiger partial charge is 0.174 e. The van der Waals surface area contributed by atoms with E-state index in [1.54, 1.807) is 6.07 Å². The van der Waals surface area contributed by atoms with Crippen LogP contribution in [0.1, 0.15) is 31.2 Å². The van der Waals surface area contributed by atoms with Gasteiger partial charge in [-0.25, -0.2) is 4.39 Å². The fraction of sp³-hybridized carbons (Fsp3) is 0.273. The Labute approximate surface area is 152 Å². The van der Waals surface area contributed by atoms with Gasteiger partial charge in [-0.2, -0.15) is 0 Å². The summed E-state index contributed by atoms with van der Waals surface area (Å²) in [5.74, 6) is -0.188. The third-order valence-electron chi connectivity index (χ3n) is 4.79. The van der Waals surface area contributed by atoms with Crippen molar-refractivity contribution in [3.05, 3.63) is 66.0 Å². The van der Waals surface area contributed by atoms with Crippen molar-refractivity contribution in [2.24, 2.45) is 0 Å². The second-order valence-corrected chi connectivity index (χ2v) is 7.75. The predicted octanol–water partition coefficient (Wildman–Crippen LogP) is 6.85. The van der Waals surface area contributed by atoms with E-state index in [1.807, 2.05) is 48.5 Å². The van der Waals surface area contributed by atoms with E-state index in [4.69, 9.17) is 4.74 Å². The van der Waals surface area contributed by atoms with Crippen LogP contribution in [-0.4, -0.2) is 6.10 Å². The molecule has 25 heavy (non-hydrogen) atoms. The van der Waals surface area contributed by atoms with Crippen LogP contribution in [0.15, 0.2) is 54.6 Å². The fourth-order valence-electron chi connectivity index (χ4n) is 3.34. The molecule has 0 amide bonds. The first kappa shape index (κ1) is 16.3. The highest BCUT2D eigenvalue weighted by molar-refractivity contribution is 7.17. The van der Waals surface area contributed by atoms with Crippen LogP contribution in [0.3, 0.4) is 0 Å². The van der Waals surface area contributed by atoms with Gasteiger partial charge >= 0.3 is 0 Å². The van der Waals surface area contributed by atoms with E-state index in [0.29, 0.717) is 11.7 Å². The minimum absolute atomic E-state index is 0.188. The fourth-order valence-corrected chi connectivity index (χ4v) is 4.29. The van der Waals surface area contributed by atoms with Gasteiger partial charge in [0, 0.05) is 10.4 Å². The van der Waals surface area contributed by atoms with E-state index in [-0.39, 0.29) is 5.82 Å². The van der Waals surface area contributed by atoms with Gasteiger partial charge in [-0.15, -0.1) is 0 Å². The van der Waals surface area contributed by atoms with Gasteiger partial charge in [0.2, 0.25) is 0 Å². The summed E-state index contributed by atoms with van der Waals surface area (Å²) in [7, 11) is 0. The molecule has 128 valence electrons. The number of benzene rings is 2. The molecule has 1 aliphatic carbocycles. The monoisotopic (exact) mass is 352 g/mol. The van der Waals surface area contributed by atoms with Crippen molar-refractivity contribution in [2.75, 3.05) is 0 Å². The minimum atomic E-state index is -0.188. The quantitative estimate of drug-likeness (QED) is 0.499. The van der Waals surface area contributed by atoms with Crippen molar-refractivity contribution < 1.29 is 9.13 Å². The average Bonchev–Trinajstić information content (AvgIpc) is 3.28. The predicted molar refractivity (Wildman–Crippen MR) is 103 cm³/mol. The molecule has 0 saturated heterocycles. The van der Waals surface area contributed by atoms with Crippen molar-refractivity contribution in [3.63, 3.8) is 0 Å². The first-order chi connectivity index (χ1) is 12.2. The molecule has 0 aliphatic heterocycles. The zero-order valence-corrected chi connectivity index (χ0v) is 15.1. The number of hydrogen-bond donors (Lipinski definition) is 0. The van der Waals surface area contributed by atoms with E-state index in [9.17, 15) is 4.39 Å². The van der Waals surface area contributed by atoms with Gasteiger partial charge in [0.1, 0.15) is 5.82 Å². The Morgan fingerprint density at radius 1 is 0.920 bits per heavy atom. The molecule has 1 aliphatic rings. The third-order valence-corrected chi connectivity index (χ3v) is 5.80. The summed E-state index contributed by atoms with van der Waals surface area (Å²) < 4.78 is 20.7. The molecule has 0 radical (unpaired) electrons. The number of ether oxygens (including phenoxy) is 1. The Morgan fingerprint density at radius 2 is 1.64 bits per heavy atom. The summed E-state index contributed by atoms with van der Waals surface area (Å²) in [5, 5.41) is 0.893. The maximum absolute atomic E-state index is 14.7. The van der Waals surface area contributed by atoms with E-state index < -0.39 is 0 Å².